The maximum absolute atomic E-state index is 12.7. The van der Waals surface area contributed by atoms with Crippen LogP contribution in [0.1, 0.15) is 6.92 Å². The van der Waals surface area contributed by atoms with Crippen LogP contribution in [-0.2, 0) is 14.8 Å². The maximum atomic E-state index is 12.7. The second kappa shape index (κ2) is 7.35. The van der Waals surface area contributed by atoms with Gasteiger partial charge in [0.05, 0.1) is 16.9 Å². The van der Waals surface area contributed by atoms with Crippen molar-refractivity contribution in [3.05, 3.63) is 52.6 Å². The summed E-state index contributed by atoms with van der Waals surface area (Å²) in [6.07, 6.45) is 0.927. The number of hydrogen-bond donors (Lipinski definition) is 1. The number of benzene rings is 2. The lowest BCUT2D eigenvalue weighted by Gasteiger charge is -2.28. The Bertz CT molecular complexity index is 1040. The van der Waals surface area contributed by atoms with Gasteiger partial charge in [0.25, 0.3) is 5.69 Å². The molecule has 148 valence electrons. The minimum atomic E-state index is -3.90. The number of nitrogens with zero attached hydrogens (tertiary/aromatic N) is 2. The molecule has 1 atom stereocenters. The lowest BCUT2D eigenvalue weighted by atomic mass is 10.2. The highest BCUT2D eigenvalue weighted by Crippen LogP contribution is 2.34. The molecule has 1 aliphatic rings. The quantitative estimate of drug-likeness (QED) is 0.574. The van der Waals surface area contributed by atoms with E-state index in [1.165, 1.54) is 25.1 Å². The molecule has 0 aromatic heterocycles. The lowest BCUT2D eigenvalue weighted by molar-refractivity contribution is -0.384. The number of nitrogens with one attached hydrogen (secondary N) is 1. The van der Waals surface area contributed by atoms with E-state index in [0.717, 1.165) is 16.6 Å². The van der Waals surface area contributed by atoms with Crippen molar-refractivity contribution in [2.24, 2.45) is 0 Å². The van der Waals surface area contributed by atoms with Gasteiger partial charge in [0.2, 0.25) is 22.7 Å². The van der Waals surface area contributed by atoms with Crippen molar-refractivity contribution in [1.29, 1.82) is 0 Å². The van der Waals surface area contributed by atoms with Crippen LogP contribution < -0.4 is 19.1 Å². The first-order valence-electron chi connectivity index (χ1n) is 8.11. The molecule has 0 aliphatic carbocycles. The monoisotopic (exact) mass is 407 g/mol. The van der Waals surface area contributed by atoms with Gasteiger partial charge < -0.3 is 14.8 Å². The van der Waals surface area contributed by atoms with E-state index in [1.807, 2.05) is 0 Å². The van der Waals surface area contributed by atoms with Crippen LogP contribution in [0.15, 0.2) is 42.5 Å². The van der Waals surface area contributed by atoms with E-state index in [9.17, 15) is 23.3 Å². The molecule has 1 aliphatic heterocycles. The molecule has 0 bridgehead atoms. The molecule has 11 heteroatoms. The van der Waals surface area contributed by atoms with E-state index in [-0.39, 0.29) is 18.2 Å². The number of nitro benzene ring substituents is 1. The first kappa shape index (κ1) is 19.4. The minimum Gasteiger partial charge on any atom is -0.454 e. The number of non-ortho nitro benzene ring substituents is 1. The standard InChI is InChI=1S/C17H17N3O7S/c1-11(17(21)18-12-6-7-15-16(8-12)27-10-26-15)19(28(2,24)25)13-4-3-5-14(9-13)20(22)23/h3-9,11H,10H2,1-2H3,(H,18,21)/t11-/m0/s1. The number of carbonyl (C=O) groups is 1. The summed E-state index contributed by atoms with van der Waals surface area (Å²) in [5.41, 5.74) is 0.133. The van der Waals surface area contributed by atoms with Gasteiger partial charge in [-0.25, -0.2) is 8.42 Å². The molecule has 0 unspecified atom stereocenters. The highest BCUT2D eigenvalue weighted by Gasteiger charge is 2.30. The highest BCUT2D eigenvalue weighted by atomic mass is 32.2. The number of nitro groups is 1. The van der Waals surface area contributed by atoms with Crippen molar-refractivity contribution in [3.8, 4) is 11.5 Å². The molecule has 0 fully saturated rings. The summed E-state index contributed by atoms with van der Waals surface area (Å²) in [5.74, 6) is 0.389. The zero-order valence-electron chi connectivity index (χ0n) is 15.0. The molecular formula is C17H17N3O7S. The normalized spacial score (nSPS) is 13.6. The van der Waals surface area contributed by atoms with Crippen molar-refractivity contribution in [2.45, 2.75) is 13.0 Å². The van der Waals surface area contributed by atoms with Crippen LogP contribution in [0.3, 0.4) is 0 Å². The number of carbonyl (C=O) groups excluding carboxylic acids is 1. The zero-order chi connectivity index (χ0) is 20.5. The predicted molar refractivity (Wildman–Crippen MR) is 101 cm³/mol. The zero-order valence-corrected chi connectivity index (χ0v) is 15.8. The first-order valence-corrected chi connectivity index (χ1v) is 9.96. The summed E-state index contributed by atoms with van der Waals surface area (Å²) in [6, 6.07) is 8.69. The molecule has 2 aromatic rings. The van der Waals surface area contributed by atoms with E-state index < -0.39 is 26.9 Å². The van der Waals surface area contributed by atoms with Crippen molar-refractivity contribution in [1.82, 2.24) is 0 Å². The highest BCUT2D eigenvalue weighted by molar-refractivity contribution is 7.92. The number of fused-ring (bicyclic) bond motifs is 1. The van der Waals surface area contributed by atoms with Crippen LogP contribution in [0.5, 0.6) is 11.5 Å². The van der Waals surface area contributed by atoms with Gasteiger partial charge in [0.15, 0.2) is 11.5 Å². The summed E-state index contributed by atoms with van der Waals surface area (Å²) >= 11 is 0. The summed E-state index contributed by atoms with van der Waals surface area (Å²) in [4.78, 5) is 23.0. The Hall–Kier alpha value is -3.34. The molecule has 10 nitrogen and oxygen atoms in total. The molecule has 3 rings (SSSR count). The summed E-state index contributed by atoms with van der Waals surface area (Å²) in [5, 5.41) is 13.6. The minimum absolute atomic E-state index is 0.0186. The third-order valence-electron chi connectivity index (χ3n) is 4.02. The lowest BCUT2D eigenvalue weighted by Crippen LogP contribution is -2.45. The molecule has 28 heavy (non-hydrogen) atoms. The molecule has 0 saturated heterocycles. The third kappa shape index (κ3) is 3.98. The van der Waals surface area contributed by atoms with Crippen molar-refractivity contribution >= 4 is 33.0 Å². The molecule has 1 N–H and O–H groups in total. The van der Waals surface area contributed by atoms with Crippen LogP contribution in [0, 0.1) is 10.1 Å². The van der Waals surface area contributed by atoms with Gasteiger partial charge >= 0.3 is 0 Å². The summed E-state index contributed by atoms with van der Waals surface area (Å²) < 4.78 is 35.9. The Morgan fingerprint density at radius 1 is 1.21 bits per heavy atom. The summed E-state index contributed by atoms with van der Waals surface area (Å²) in [6.45, 7) is 1.47. The fourth-order valence-electron chi connectivity index (χ4n) is 2.77. The Balaban J connectivity index is 1.87. The van der Waals surface area contributed by atoms with Crippen molar-refractivity contribution in [3.63, 3.8) is 0 Å². The molecular weight excluding hydrogens is 390 g/mol. The Kier molecular flexibility index (Phi) is 5.10. The molecule has 0 spiro atoms. The van der Waals surface area contributed by atoms with Crippen LogP contribution >= 0.6 is 0 Å². The SMILES string of the molecule is C[C@@H](C(=O)Nc1ccc2c(c1)OCO2)N(c1cccc([N+](=O)[O-])c1)S(C)(=O)=O. The smallest absolute Gasteiger partial charge is 0.271 e. The number of hydrogen-bond acceptors (Lipinski definition) is 7. The second-order valence-corrected chi connectivity index (χ2v) is 7.93. The van der Waals surface area contributed by atoms with Crippen LogP contribution in [0.2, 0.25) is 0 Å². The molecule has 2 aromatic carbocycles. The number of rotatable bonds is 6. The average molecular weight is 407 g/mol. The van der Waals surface area contributed by atoms with Gasteiger partial charge in [0, 0.05) is 23.9 Å². The largest absolute Gasteiger partial charge is 0.454 e. The van der Waals surface area contributed by atoms with Gasteiger partial charge in [-0.3, -0.25) is 19.2 Å². The van der Waals surface area contributed by atoms with E-state index >= 15 is 0 Å². The van der Waals surface area contributed by atoms with Crippen molar-refractivity contribution < 1.29 is 27.6 Å². The summed E-state index contributed by atoms with van der Waals surface area (Å²) in [7, 11) is -3.90. The number of amides is 1. The van der Waals surface area contributed by atoms with Gasteiger partial charge in [-0.1, -0.05) is 6.07 Å². The van der Waals surface area contributed by atoms with Crippen LogP contribution in [0.25, 0.3) is 0 Å². The topological polar surface area (TPSA) is 128 Å². The van der Waals surface area contributed by atoms with Crippen molar-refractivity contribution in [2.75, 3.05) is 22.7 Å². The number of anilines is 2. The fourth-order valence-corrected chi connectivity index (χ4v) is 3.94. The van der Waals surface area contributed by atoms with Gasteiger partial charge in [-0.15, -0.1) is 0 Å². The van der Waals surface area contributed by atoms with Crippen LogP contribution in [0.4, 0.5) is 17.1 Å². The second-order valence-electron chi connectivity index (χ2n) is 6.07. The molecule has 0 radical (unpaired) electrons. The Morgan fingerprint density at radius 3 is 2.61 bits per heavy atom. The maximum Gasteiger partial charge on any atom is 0.271 e. The number of sulfonamides is 1. The van der Waals surface area contributed by atoms with Gasteiger partial charge in [-0.2, -0.15) is 0 Å². The number of ether oxygens (including phenoxy) is 2. The Labute approximate surface area is 160 Å². The Morgan fingerprint density at radius 2 is 1.93 bits per heavy atom. The van der Waals surface area contributed by atoms with E-state index in [2.05, 4.69) is 5.32 Å². The van der Waals surface area contributed by atoms with E-state index in [4.69, 9.17) is 9.47 Å². The first-order chi connectivity index (χ1) is 13.2. The van der Waals surface area contributed by atoms with E-state index in [0.29, 0.717) is 17.2 Å². The van der Waals surface area contributed by atoms with E-state index in [1.54, 1.807) is 18.2 Å². The van der Waals surface area contributed by atoms with Crippen LogP contribution in [-0.4, -0.2) is 38.3 Å². The molecule has 1 heterocycles. The van der Waals surface area contributed by atoms with Gasteiger partial charge in [0.1, 0.15) is 6.04 Å². The predicted octanol–water partition coefficient (Wildman–Crippen LogP) is 2.12. The third-order valence-corrected chi connectivity index (χ3v) is 5.27. The average Bonchev–Trinajstić information content (AvgIpc) is 3.08. The molecule has 0 saturated carbocycles. The fraction of sp³-hybridized carbons (Fsp3) is 0.235. The molecule has 1 amide bonds. The van der Waals surface area contributed by atoms with Gasteiger partial charge in [-0.05, 0) is 25.1 Å².